The monoisotopic (exact) mass is 200 g/mol. The van der Waals surface area contributed by atoms with E-state index in [2.05, 4.69) is 29.9 Å². The number of nitrogens with two attached hydrogens (primary N) is 1. The van der Waals surface area contributed by atoms with Gasteiger partial charge in [-0.3, -0.25) is 0 Å². The van der Waals surface area contributed by atoms with Crippen LogP contribution in [-0.2, 0) is 6.42 Å². The van der Waals surface area contributed by atoms with Crippen molar-refractivity contribution in [1.82, 2.24) is 0 Å². The van der Waals surface area contributed by atoms with Crippen molar-refractivity contribution in [2.75, 3.05) is 17.2 Å². The molecule has 1 unspecified atom stereocenters. The third-order valence-electron chi connectivity index (χ3n) is 2.97. The van der Waals surface area contributed by atoms with Crippen LogP contribution in [-0.4, -0.2) is 12.6 Å². The summed E-state index contributed by atoms with van der Waals surface area (Å²) < 4.78 is 0. The lowest BCUT2D eigenvalue weighted by molar-refractivity contribution is 0.666. The van der Waals surface area contributed by atoms with Crippen LogP contribution in [0.2, 0.25) is 0 Å². The first-order valence-electron chi connectivity index (χ1n) is 5.33. The van der Waals surface area contributed by atoms with Crippen molar-refractivity contribution in [3.63, 3.8) is 0 Å². The number of anilines is 2. The minimum atomic E-state index is 0.160. The number of rotatable bonds is 1. The molecule has 2 nitrogen and oxygen atoms in total. The number of fused-ring (bicyclic) bond motifs is 1. The van der Waals surface area contributed by atoms with Crippen LogP contribution in [0.15, 0.2) is 18.2 Å². The second-order valence-electron chi connectivity index (χ2n) is 4.03. The molecule has 0 aromatic heterocycles. The van der Waals surface area contributed by atoms with E-state index in [9.17, 15) is 0 Å². The molecule has 78 valence electrons. The highest BCUT2D eigenvalue weighted by Gasteiger charge is 2.19. The molecule has 1 aliphatic rings. The molecule has 1 aromatic carbocycles. The third kappa shape index (κ3) is 1.78. The Morgan fingerprint density at radius 1 is 1.53 bits per heavy atom. The predicted molar refractivity (Wildman–Crippen MR) is 64.8 cm³/mol. The summed E-state index contributed by atoms with van der Waals surface area (Å²) in [5, 5.41) is 0. The molecule has 0 bridgehead atoms. The molecule has 0 aliphatic carbocycles. The summed E-state index contributed by atoms with van der Waals surface area (Å²) in [5.41, 5.74) is 9.19. The predicted octanol–water partition coefficient (Wildman–Crippen LogP) is 2.04. The number of hydrogen-bond donors (Lipinski definition) is 1. The van der Waals surface area contributed by atoms with E-state index in [1.54, 1.807) is 0 Å². The Labute approximate surface area is 91.1 Å². The van der Waals surface area contributed by atoms with Crippen LogP contribution in [0.4, 0.5) is 11.4 Å². The standard InChI is InChI=1S/C13H16N2/c1-3-10(2)15-8-4-5-11-9-12(14)6-7-13(11)15/h1,6-7,9-10H,4-5,8,14H2,2H3. The number of terminal acetylenes is 1. The lowest BCUT2D eigenvalue weighted by Gasteiger charge is -2.34. The molecular weight excluding hydrogens is 184 g/mol. The van der Waals surface area contributed by atoms with Crippen molar-refractivity contribution in [1.29, 1.82) is 0 Å². The highest BCUT2D eigenvalue weighted by atomic mass is 15.2. The average Bonchev–Trinajstić information content (AvgIpc) is 2.26. The van der Waals surface area contributed by atoms with Gasteiger partial charge in [0.25, 0.3) is 0 Å². The fraction of sp³-hybridized carbons (Fsp3) is 0.385. The first kappa shape index (κ1) is 9.92. The summed E-state index contributed by atoms with van der Waals surface area (Å²) in [6, 6.07) is 6.25. The van der Waals surface area contributed by atoms with Gasteiger partial charge in [-0.1, -0.05) is 5.92 Å². The molecule has 2 heteroatoms. The van der Waals surface area contributed by atoms with E-state index >= 15 is 0 Å². The van der Waals surface area contributed by atoms with Crippen LogP contribution in [0.3, 0.4) is 0 Å². The minimum absolute atomic E-state index is 0.160. The van der Waals surface area contributed by atoms with Crippen molar-refractivity contribution in [2.45, 2.75) is 25.8 Å². The van der Waals surface area contributed by atoms with Gasteiger partial charge in [0, 0.05) is 17.9 Å². The van der Waals surface area contributed by atoms with Crippen LogP contribution < -0.4 is 10.6 Å². The molecule has 1 atom stereocenters. The van der Waals surface area contributed by atoms with Crippen molar-refractivity contribution >= 4 is 11.4 Å². The maximum absolute atomic E-state index is 5.78. The molecular formula is C13H16N2. The quantitative estimate of drug-likeness (QED) is 0.555. The van der Waals surface area contributed by atoms with E-state index in [4.69, 9.17) is 12.2 Å². The van der Waals surface area contributed by atoms with Gasteiger partial charge in [0.15, 0.2) is 0 Å². The normalized spacial score (nSPS) is 16.7. The SMILES string of the molecule is C#CC(C)N1CCCc2cc(N)ccc21. The third-order valence-corrected chi connectivity index (χ3v) is 2.97. The lowest BCUT2D eigenvalue weighted by Crippen LogP contribution is -2.36. The van der Waals surface area contributed by atoms with E-state index in [0.717, 1.165) is 25.1 Å². The average molecular weight is 200 g/mol. The van der Waals surface area contributed by atoms with Gasteiger partial charge in [-0.2, -0.15) is 0 Å². The van der Waals surface area contributed by atoms with E-state index < -0.39 is 0 Å². The molecule has 0 fully saturated rings. The summed E-state index contributed by atoms with van der Waals surface area (Å²) in [6.45, 7) is 3.10. The zero-order chi connectivity index (χ0) is 10.8. The second kappa shape index (κ2) is 3.86. The topological polar surface area (TPSA) is 29.3 Å². The molecule has 1 aromatic rings. The number of benzene rings is 1. The summed E-state index contributed by atoms with van der Waals surface area (Å²) in [6.07, 6.45) is 7.73. The number of nitrogens with zero attached hydrogens (tertiary/aromatic N) is 1. The Bertz CT molecular complexity index is 403. The van der Waals surface area contributed by atoms with Crippen molar-refractivity contribution < 1.29 is 0 Å². The van der Waals surface area contributed by atoms with Crippen LogP contribution >= 0.6 is 0 Å². The van der Waals surface area contributed by atoms with Crippen LogP contribution in [0.5, 0.6) is 0 Å². The number of nitrogen functional groups attached to an aromatic ring is 1. The first-order valence-corrected chi connectivity index (χ1v) is 5.33. The molecule has 1 aliphatic heterocycles. The summed E-state index contributed by atoms with van der Waals surface area (Å²) in [4.78, 5) is 2.28. The Hall–Kier alpha value is -1.62. The molecule has 0 saturated heterocycles. The molecule has 15 heavy (non-hydrogen) atoms. The smallest absolute Gasteiger partial charge is 0.0873 e. The van der Waals surface area contributed by atoms with Gasteiger partial charge < -0.3 is 10.6 Å². The van der Waals surface area contributed by atoms with Crippen LogP contribution in [0, 0.1) is 12.3 Å². The highest BCUT2D eigenvalue weighted by Crippen LogP contribution is 2.29. The summed E-state index contributed by atoms with van der Waals surface area (Å²) in [7, 11) is 0. The maximum atomic E-state index is 5.78. The van der Waals surface area contributed by atoms with Crippen LogP contribution in [0.25, 0.3) is 0 Å². The molecule has 0 saturated carbocycles. The van der Waals surface area contributed by atoms with Gasteiger partial charge in [0.1, 0.15) is 0 Å². The zero-order valence-corrected chi connectivity index (χ0v) is 9.03. The Kier molecular flexibility index (Phi) is 2.55. The molecule has 0 spiro atoms. The fourth-order valence-electron chi connectivity index (χ4n) is 2.14. The van der Waals surface area contributed by atoms with Crippen molar-refractivity contribution in [3.8, 4) is 12.3 Å². The second-order valence-corrected chi connectivity index (χ2v) is 4.03. The fourth-order valence-corrected chi connectivity index (χ4v) is 2.14. The summed E-state index contributed by atoms with van der Waals surface area (Å²) >= 11 is 0. The van der Waals surface area contributed by atoms with Gasteiger partial charge >= 0.3 is 0 Å². The Morgan fingerprint density at radius 2 is 2.33 bits per heavy atom. The van der Waals surface area contributed by atoms with E-state index in [0.29, 0.717) is 0 Å². The van der Waals surface area contributed by atoms with Crippen molar-refractivity contribution in [3.05, 3.63) is 23.8 Å². The van der Waals surface area contributed by atoms with Gasteiger partial charge in [-0.25, -0.2) is 0 Å². The van der Waals surface area contributed by atoms with Gasteiger partial charge in [-0.05, 0) is 43.5 Å². The zero-order valence-electron chi connectivity index (χ0n) is 9.03. The molecule has 0 radical (unpaired) electrons. The first-order chi connectivity index (χ1) is 7.22. The largest absolute Gasteiger partial charge is 0.399 e. The molecule has 2 rings (SSSR count). The minimum Gasteiger partial charge on any atom is -0.399 e. The van der Waals surface area contributed by atoms with Gasteiger partial charge in [0.05, 0.1) is 6.04 Å². The Morgan fingerprint density at radius 3 is 3.07 bits per heavy atom. The van der Waals surface area contributed by atoms with Gasteiger partial charge in [0.2, 0.25) is 0 Å². The molecule has 1 heterocycles. The van der Waals surface area contributed by atoms with Crippen molar-refractivity contribution in [2.24, 2.45) is 0 Å². The van der Waals surface area contributed by atoms with Gasteiger partial charge in [-0.15, -0.1) is 6.42 Å². The Balaban J connectivity index is 2.39. The lowest BCUT2D eigenvalue weighted by atomic mass is 10.00. The number of hydrogen-bond acceptors (Lipinski definition) is 2. The molecule has 2 N–H and O–H groups in total. The number of aryl methyl sites for hydroxylation is 1. The van der Waals surface area contributed by atoms with E-state index in [1.807, 2.05) is 6.07 Å². The molecule has 0 amide bonds. The summed E-state index contributed by atoms with van der Waals surface area (Å²) in [5.74, 6) is 2.78. The highest BCUT2D eigenvalue weighted by molar-refractivity contribution is 5.62. The maximum Gasteiger partial charge on any atom is 0.0873 e. The van der Waals surface area contributed by atoms with Crippen LogP contribution in [0.1, 0.15) is 18.9 Å². The van der Waals surface area contributed by atoms with E-state index in [-0.39, 0.29) is 6.04 Å². The van der Waals surface area contributed by atoms with E-state index in [1.165, 1.54) is 11.3 Å².